The lowest BCUT2D eigenvalue weighted by atomic mass is 10.0. The van der Waals surface area contributed by atoms with E-state index in [1.54, 1.807) is 11.8 Å². The highest BCUT2D eigenvalue weighted by molar-refractivity contribution is 8.01. The number of carbonyl (C=O) groups excluding carboxylic acids is 1. The predicted molar refractivity (Wildman–Crippen MR) is 77.3 cm³/mol. The van der Waals surface area contributed by atoms with Crippen molar-refractivity contribution in [3.8, 4) is 0 Å². The molecule has 3 rings (SSSR count). The van der Waals surface area contributed by atoms with Crippen molar-refractivity contribution in [1.29, 1.82) is 0 Å². The van der Waals surface area contributed by atoms with Crippen LogP contribution < -0.4 is 5.32 Å². The standard InChI is InChI=1S/C14H15N3OS/c1-8-11-12(10-6-4-3-5-7-10)19-9(2)14(18)15-13(11)17-16-8/h3-7,9,12H,1-2H3,(H2,15,16,17,18)/t9-,12+/m0/s1. The van der Waals surface area contributed by atoms with Crippen LogP contribution in [0.15, 0.2) is 30.3 Å². The smallest absolute Gasteiger partial charge is 0.238 e. The second-order valence-electron chi connectivity index (χ2n) is 4.67. The molecule has 98 valence electrons. The third kappa shape index (κ3) is 2.14. The van der Waals surface area contributed by atoms with Crippen molar-refractivity contribution >= 4 is 23.5 Å². The van der Waals surface area contributed by atoms with Gasteiger partial charge in [-0.3, -0.25) is 9.89 Å². The van der Waals surface area contributed by atoms with Crippen LogP contribution in [0.25, 0.3) is 0 Å². The summed E-state index contributed by atoms with van der Waals surface area (Å²) in [5, 5.41) is 10.1. The number of aromatic amines is 1. The number of hydrogen-bond acceptors (Lipinski definition) is 3. The van der Waals surface area contributed by atoms with E-state index in [1.807, 2.05) is 32.0 Å². The Morgan fingerprint density at radius 1 is 1.26 bits per heavy atom. The Hall–Kier alpha value is -1.75. The summed E-state index contributed by atoms with van der Waals surface area (Å²) >= 11 is 1.66. The van der Waals surface area contributed by atoms with Crippen LogP contribution in [0.3, 0.4) is 0 Å². The van der Waals surface area contributed by atoms with Crippen molar-refractivity contribution in [2.24, 2.45) is 0 Å². The van der Waals surface area contributed by atoms with Crippen molar-refractivity contribution in [3.63, 3.8) is 0 Å². The molecular weight excluding hydrogens is 258 g/mol. The van der Waals surface area contributed by atoms with Crippen LogP contribution >= 0.6 is 11.8 Å². The molecule has 0 fully saturated rings. The normalized spacial score (nSPS) is 22.5. The summed E-state index contributed by atoms with van der Waals surface area (Å²) in [6.45, 7) is 3.92. The molecule has 0 radical (unpaired) electrons. The van der Waals surface area contributed by atoms with Gasteiger partial charge in [-0.2, -0.15) is 5.10 Å². The van der Waals surface area contributed by atoms with E-state index in [9.17, 15) is 4.79 Å². The molecule has 5 heteroatoms. The van der Waals surface area contributed by atoms with Gasteiger partial charge in [0.05, 0.1) is 10.5 Å². The number of fused-ring (bicyclic) bond motifs is 1. The third-order valence-corrected chi connectivity index (χ3v) is 4.71. The summed E-state index contributed by atoms with van der Waals surface area (Å²) < 4.78 is 0. The van der Waals surface area contributed by atoms with Crippen molar-refractivity contribution < 1.29 is 4.79 Å². The number of amides is 1. The van der Waals surface area contributed by atoms with Crippen LogP contribution in [0.5, 0.6) is 0 Å². The molecule has 0 unspecified atom stereocenters. The van der Waals surface area contributed by atoms with Crippen LogP contribution in [0.2, 0.25) is 0 Å². The van der Waals surface area contributed by atoms with E-state index in [0.29, 0.717) is 5.82 Å². The van der Waals surface area contributed by atoms with E-state index in [0.717, 1.165) is 11.3 Å². The quantitative estimate of drug-likeness (QED) is 0.840. The molecule has 1 aromatic heterocycles. The second-order valence-corrected chi connectivity index (χ2v) is 6.12. The predicted octanol–water partition coefficient (Wildman–Crippen LogP) is 2.88. The zero-order chi connectivity index (χ0) is 13.4. The zero-order valence-electron chi connectivity index (χ0n) is 10.8. The lowest BCUT2D eigenvalue weighted by Crippen LogP contribution is -2.21. The Balaban J connectivity index is 2.12. The number of aromatic nitrogens is 2. The Kier molecular flexibility index (Phi) is 3.06. The second kappa shape index (κ2) is 4.74. The maximum atomic E-state index is 12.0. The summed E-state index contributed by atoms with van der Waals surface area (Å²) in [5.74, 6) is 0.671. The molecule has 0 saturated heterocycles. The molecule has 2 N–H and O–H groups in total. The molecular formula is C14H15N3OS. The van der Waals surface area contributed by atoms with Gasteiger partial charge in [0.25, 0.3) is 0 Å². The van der Waals surface area contributed by atoms with Gasteiger partial charge >= 0.3 is 0 Å². The lowest BCUT2D eigenvalue weighted by molar-refractivity contribution is -0.115. The Morgan fingerprint density at radius 3 is 2.74 bits per heavy atom. The topological polar surface area (TPSA) is 57.8 Å². The fourth-order valence-electron chi connectivity index (χ4n) is 2.28. The Labute approximate surface area is 116 Å². The fraction of sp³-hybridized carbons (Fsp3) is 0.286. The molecule has 2 heterocycles. The minimum atomic E-state index is -0.0983. The minimum Gasteiger partial charge on any atom is -0.308 e. The van der Waals surface area contributed by atoms with Gasteiger partial charge in [0.2, 0.25) is 5.91 Å². The van der Waals surface area contributed by atoms with E-state index >= 15 is 0 Å². The molecule has 1 aliphatic heterocycles. The van der Waals surface area contributed by atoms with E-state index < -0.39 is 0 Å². The number of aryl methyl sites for hydroxylation is 1. The van der Waals surface area contributed by atoms with E-state index in [-0.39, 0.29) is 16.4 Å². The van der Waals surface area contributed by atoms with E-state index in [1.165, 1.54) is 5.56 Å². The van der Waals surface area contributed by atoms with Gasteiger partial charge in [-0.05, 0) is 19.4 Å². The number of benzene rings is 1. The highest BCUT2D eigenvalue weighted by Crippen LogP contribution is 2.44. The number of hydrogen-bond donors (Lipinski definition) is 2. The molecule has 1 aromatic carbocycles. The first kappa shape index (κ1) is 12.3. The van der Waals surface area contributed by atoms with Crippen molar-refractivity contribution in [3.05, 3.63) is 47.2 Å². The molecule has 1 amide bonds. The van der Waals surface area contributed by atoms with Crippen LogP contribution in [0, 0.1) is 6.92 Å². The molecule has 0 saturated carbocycles. The molecule has 2 atom stereocenters. The average Bonchev–Trinajstić information content (AvgIpc) is 2.71. The van der Waals surface area contributed by atoms with Crippen molar-refractivity contribution in [2.75, 3.05) is 5.32 Å². The maximum Gasteiger partial charge on any atom is 0.238 e. The van der Waals surface area contributed by atoms with Crippen molar-refractivity contribution in [1.82, 2.24) is 10.2 Å². The number of carbonyl (C=O) groups is 1. The van der Waals surface area contributed by atoms with Crippen LogP contribution in [-0.2, 0) is 4.79 Å². The first-order chi connectivity index (χ1) is 9.16. The Bertz CT molecular complexity index is 608. The maximum absolute atomic E-state index is 12.0. The monoisotopic (exact) mass is 273 g/mol. The first-order valence-electron chi connectivity index (χ1n) is 6.23. The largest absolute Gasteiger partial charge is 0.308 e. The summed E-state index contributed by atoms with van der Waals surface area (Å²) in [6, 6.07) is 10.2. The third-order valence-electron chi connectivity index (χ3n) is 3.31. The van der Waals surface area contributed by atoms with E-state index in [4.69, 9.17) is 0 Å². The van der Waals surface area contributed by atoms with Crippen LogP contribution in [0.1, 0.15) is 29.0 Å². The minimum absolute atomic E-state index is 0.0104. The number of thioether (sulfide) groups is 1. The van der Waals surface area contributed by atoms with Gasteiger partial charge in [0, 0.05) is 11.3 Å². The molecule has 0 spiro atoms. The molecule has 0 aliphatic carbocycles. The van der Waals surface area contributed by atoms with Gasteiger partial charge in [0.1, 0.15) is 0 Å². The molecule has 0 bridgehead atoms. The Morgan fingerprint density at radius 2 is 2.00 bits per heavy atom. The molecule has 2 aromatic rings. The summed E-state index contributed by atoms with van der Waals surface area (Å²) in [6.07, 6.45) is 0. The summed E-state index contributed by atoms with van der Waals surface area (Å²) in [5.41, 5.74) is 3.28. The number of nitrogens with one attached hydrogen (secondary N) is 2. The van der Waals surface area contributed by atoms with Crippen molar-refractivity contribution in [2.45, 2.75) is 24.3 Å². The SMILES string of the molecule is Cc1[nH]nc2c1[C@@H](c1ccccc1)S[C@@H](C)C(=O)N2. The van der Waals surface area contributed by atoms with Gasteiger partial charge < -0.3 is 5.32 Å². The lowest BCUT2D eigenvalue weighted by Gasteiger charge is -2.17. The first-order valence-corrected chi connectivity index (χ1v) is 7.17. The molecule has 4 nitrogen and oxygen atoms in total. The van der Waals surface area contributed by atoms with Gasteiger partial charge in [-0.1, -0.05) is 30.3 Å². The zero-order valence-corrected chi connectivity index (χ0v) is 11.6. The molecule has 19 heavy (non-hydrogen) atoms. The van der Waals surface area contributed by atoms with Gasteiger partial charge in [-0.25, -0.2) is 0 Å². The molecule has 1 aliphatic rings. The number of rotatable bonds is 1. The summed E-state index contributed by atoms with van der Waals surface area (Å²) in [7, 11) is 0. The number of H-pyrrole nitrogens is 1. The highest BCUT2D eigenvalue weighted by atomic mass is 32.2. The highest BCUT2D eigenvalue weighted by Gasteiger charge is 2.31. The van der Waals surface area contributed by atoms with Crippen LogP contribution in [0.4, 0.5) is 5.82 Å². The van der Waals surface area contributed by atoms with Gasteiger partial charge in [0.15, 0.2) is 5.82 Å². The van der Waals surface area contributed by atoms with E-state index in [2.05, 4.69) is 27.6 Å². The summed E-state index contributed by atoms with van der Waals surface area (Å²) in [4.78, 5) is 12.0. The number of anilines is 1. The van der Waals surface area contributed by atoms with Crippen LogP contribution in [-0.4, -0.2) is 21.4 Å². The van der Waals surface area contributed by atoms with Gasteiger partial charge in [-0.15, -0.1) is 11.8 Å². The average molecular weight is 273 g/mol. The fourth-order valence-corrected chi connectivity index (χ4v) is 3.61. The number of nitrogens with zero attached hydrogens (tertiary/aromatic N) is 1.